The van der Waals surface area contributed by atoms with Gasteiger partial charge in [0.1, 0.15) is 0 Å². The van der Waals surface area contributed by atoms with Gasteiger partial charge in [-0.1, -0.05) is 0 Å². The van der Waals surface area contributed by atoms with Gasteiger partial charge in [-0.05, 0) is 37.3 Å². The number of carbonyl (C=O) groups excluding carboxylic acids is 1. The molecule has 1 aliphatic rings. The van der Waals surface area contributed by atoms with Crippen molar-refractivity contribution in [2.75, 3.05) is 0 Å². The van der Waals surface area contributed by atoms with Gasteiger partial charge in [0.25, 0.3) is 5.91 Å². The SMILES string of the molecule is O=C(NCc1cnc[nH]1)c1cc2c(s1)CCCC2. The van der Waals surface area contributed by atoms with Gasteiger partial charge in [-0.2, -0.15) is 0 Å². The number of H-pyrrole nitrogens is 1. The Morgan fingerprint density at radius 3 is 3.11 bits per heavy atom. The Kier molecular flexibility index (Phi) is 3.15. The first-order valence-corrected chi connectivity index (χ1v) is 7.01. The first-order valence-electron chi connectivity index (χ1n) is 6.20. The summed E-state index contributed by atoms with van der Waals surface area (Å²) < 4.78 is 0. The van der Waals surface area contributed by atoms with Crippen molar-refractivity contribution < 1.29 is 4.79 Å². The van der Waals surface area contributed by atoms with Crippen LogP contribution in [-0.4, -0.2) is 15.9 Å². The van der Waals surface area contributed by atoms with Crippen LogP contribution in [0.3, 0.4) is 0 Å². The molecule has 2 heterocycles. The minimum absolute atomic E-state index is 0.0176. The Balaban J connectivity index is 1.67. The van der Waals surface area contributed by atoms with E-state index in [1.807, 2.05) is 0 Å². The Morgan fingerprint density at radius 1 is 1.44 bits per heavy atom. The second-order valence-corrected chi connectivity index (χ2v) is 5.66. The van der Waals surface area contributed by atoms with Crippen molar-refractivity contribution in [1.29, 1.82) is 0 Å². The molecule has 94 valence electrons. The molecule has 2 aromatic rings. The topological polar surface area (TPSA) is 57.8 Å². The highest BCUT2D eigenvalue weighted by Gasteiger charge is 2.16. The standard InChI is InChI=1S/C13H15N3OS/c17-13(15-7-10-6-14-8-16-10)12-5-9-3-1-2-4-11(9)18-12/h5-6,8H,1-4,7H2,(H,14,16)(H,15,17). The summed E-state index contributed by atoms with van der Waals surface area (Å²) in [7, 11) is 0. The van der Waals surface area contributed by atoms with Crippen LogP contribution in [0.5, 0.6) is 0 Å². The molecule has 0 saturated carbocycles. The highest BCUT2D eigenvalue weighted by molar-refractivity contribution is 7.14. The fourth-order valence-corrected chi connectivity index (χ4v) is 3.42. The minimum Gasteiger partial charge on any atom is -0.347 e. The molecule has 3 rings (SSSR count). The number of aromatic amines is 1. The van der Waals surface area contributed by atoms with Crippen LogP contribution in [0.25, 0.3) is 0 Å². The van der Waals surface area contributed by atoms with Crippen LogP contribution in [0.4, 0.5) is 0 Å². The Morgan fingerprint density at radius 2 is 2.33 bits per heavy atom. The molecule has 1 amide bonds. The number of aryl methyl sites for hydroxylation is 2. The fourth-order valence-electron chi connectivity index (χ4n) is 2.25. The van der Waals surface area contributed by atoms with Crippen molar-refractivity contribution in [2.24, 2.45) is 0 Å². The molecule has 0 radical (unpaired) electrons. The van der Waals surface area contributed by atoms with E-state index in [1.165, 1.54) is 23.3 Å². The van der Waals surface area contributed by atoms with E-state index in [4.69, 9.17) is 0 Å². The van der Waals surface area contributed by atoms with Crippen molar-refractivity contribution >= 4 is 17.2 Å². The van der Waals surface area contributed by atoms with E-state index in [9.17, 15) is 4.79 Å². The average molecular weight is 261 g/mol. The van der Waals surface area contributed by atoms with E-state index < -0.39 is 0 Å². The predicted octanol–water partition coefficient (Wildman–Crippen LogP) is 2.28. The summed E-state index contributed by atoms with van der Waals surface area (Å²) in [5.41, 5.74) is 2.29. The number of thiophene rings is 1. The van der Waals surface area contributed by atoms with E-state index >= 15 is 0 Å². The van der Waals surface area contributed by atoms with Gasteiger partial charge < -0.3 is 10.3 Å². The van der Waals surface area contributed by atoms with E-state index in [1.54, 1.807) is 23.9 Å². The molecule has 1 aliphatic carbocycles. The van der Waals surface area contributed by atoms with Crippen LogP contribution in [0, 0.1) is 0 Å². The van der Waals surface area contributed by atoms with E-state index in [-0.39, 0.29) is 5.91 Å². The number of hydrogen-bond acceptors (Lipinski definition) is 3. The Bertz CT molecular complexity index is 521. The molecule has 5 heteroatoms. The number of carbonyl (C=O) groups is 1. The second kappa shape index (κ2) is 4.94. The summed E-state index contributed by atoms with van der Waals surface area (Å²) in [4.78, 5) is 21.1. The number of imidazole rings is 1. The lowest BCUT2D eigenvalue weighted by atomic mass is 9.99. The molecule has 0 fully saturated rings. The first kappa shape index (κ1) is 11.5. The maximum atomic E-state index is 12.0. The molecule has 18 heavy (non-hydrogen) atoms. The number of amides is 1. The van der Waals surface area contributed by atoms with E-state index in [0.717, 1.165) is 23.4 Å². The van der Waals surface area contributed by atoms with Crippen LogP contribution in [-0.2, 0) is 19.4 Å². The van der Waals surface area contributed by atoms with Crippen LogP contribution in [0.2, 0.25) is 0 Å². The molecule has 0 aromatic carbocycles. The fraction of sp³-hybridized carbons (Fsp3) is 0.385. The zero-order valence-electron chi connectivity index (χ0n) is 10.0. The first-order chi connectivity index (χ1) is 8.83. The second-order valence-electron chi connectivity index (χ2n) is 4.53. The van der Waals surface area contributed by atoms with Gasteiger partial charge in [0.05, 0.1) is 23.4 Å². The van der Waals surface area contributed by atoms with Gasteiger partial charge in [-0.3, -0.25) is 4.79 Å². The van der Waals surface area contributed by atoms with Crippen molar-refractivity contribution in [3.8, 4) is 0 Å². The molecule has 2 aromatic heterocycles. The molecule has 0 aliphatic heterocycles. The lowest BCUT2D eigenvalue weighted by Gasteiger charge is -2.08. The van der Waals surface area contributed by atoms with Crippen LogP contribution in [0.1, 0.15) is 38.6 Å². The van der Waals surface area contributed by atoms with E-state index in [2.05, 4.69) is 21.4 Å². The number of nitrogens with one attached hydrogen (secondary N) is 2. The number of hydrogen-bond donors (Lipinski definition) is 2. The molecule has 0 saturated heterocycles. The Hall–Kier alpha value is -1.62. The predicted molar refractivity (Wildman–Crippen MR) is 70.7 cm³/mol. The van der Waals surface area contributed by atoms with Gasteiger partial charge in [-0.25, -0.2) is 4.98 Å². The summed E-state index contributed by atoms with van der Waals surface area (Å²) >= 11 is 1.64. The average Bonchev–Trinajstić information content (AvgIpc) is 3.04. The van der Waals surface area contributed by atoms with Crippen LogP contribution < -0.4 is 5.32 Å². The normalized spacial score (nSPS) is 14.2. The molecule has 2 N–H and O–H groups in total. The van der Waals surface area contributed by atoms with Gasteiger partial charge in [0.15, 0.2) is 0 Å². The summed E-state index contributed by atoms with van der Waals surface area (Å²) in [6, 6.07) is 2.06. The molecule has 0 atom stereocenters. The van der Waals surface area contributed by atoms with Crippen LogP contribution >= 0.6 is 11.3 Å². The van der Waals surface area contributed by atoms with Gasteiger partial charge in [0.2, 0.25) is 0 Å². The van der Waals surface area contributed by atoms with Crippen LogP contribution in [0.15, 0.2) is 18.6 Å². The molecule has 0 spiro atoms. The highest BCUT2D eigenvalue weighted by atomic mass is 32.1. The van der Waals surface area contributed by atoms with Crippen molar-refractivity contribution in [2.45, 2.75) is 32.2 Å². The van der Waals surface area contributed by atoms with Gasteiger partial charge in [0, 0.05) is 11.1 Å². The lowest BCUT2D eigenvalue weighted by molar-refractivity contribution is 0.0954. The van der Waals surface area contributed by atoms with E-state index in [0.29, 0.717) is 6.54 Å². The zero-order chi connectivity index (χ0) is 12.4. The molecular weight excluding hydrogens is 246 g/mol. The van der Waals surface area contributed by atoms with Gasteiger partial charge in [-0.15, -0.1) is 11.3 Å². The molecule has 0 bridgehead atoms. The smallest absolute Gasteiger partial charge is 0.261 e. The third-order valence-electron chi connectivity index (χ3n) is 3.21. The summed E-state index contributed by atoms with van der Waals surface area (Å²) in [5.74, 6) is 0.0176. The van der Waals surface area contributed by atoms with Crippen molar-refractivity contribution in [3.63, 3.8) is 0 Å². The lowest BCUT2D eigenvalue weighted by Crippen LogP contribution is -2.21. The summed E-state index contributed by atoms with van der Waals surface area (Å²) in [6.45, 7) is 0.501. The summed E-state index contributed by atoms with van der Waals surface area (Å²) in [6.07, 6.45) is 8.10. The third kappa shape index (κ3) is 2.31. The maximum Gasteiger partial charge on any atom is 0.261 e. The number of fused-ring (bicyclic) bond motifs is 1. The van der Waals surface area contributed by atoms with Crippen molar-refractivity contribution in [3.05, 3.63) is 39.6 Å². The molecule has 4 nitrogen and oxygen atoms in total. The zero-order valence-corrected chi connectivity index (χ0v) is 10.8. The largest absolute Gasteiger partial charge is 0.347 e. The number of rotatable bonds is 3. The van der Waals surface area contributed by atoms with Crippen molar-refractivity contribution in [1.82, 2.24) is 15.3 Å². The number of aromatic nitrogens is 2. The number of nitrogens with zero attached hydrogens (tertiary/aromatic N) is 1. The Labute approximate surface area is 109 Å². The van der Waals surface area contributed by atoms with Gasteiger partial charge >= 0.3 is 0 Å². The minimum atomic E-state index is 0.0176. The maximum absolute atomic E-state index is 12.0. The highest BCUT2D eigenvalue weighted by Crippen LogP contribution is 2.29. The molecule has 0 unspecified atom stereocenters. The summed E-state index contributed by atoms with van der Waals surface area (Å²) in [5, 5.41) is 2.91. The quantitative estimate of drug-likeness (QED) is 0.890. The monoisotopic (exact) mass is 261 g/mol. The molecular formula is C13H15N3OS. The third-order valence-corrected chi connectivity index (χ3v) is 4.45.